The van der Waals surface area contributed by atoms with E-state index in [4.69, 9.17) is 9.72 Å². The summed E-state index contributed by atoms with van der Waals surface area (Å²) in [4.78, 5) is 6.18. The zero-order valence-electron chi connectivity index (χ0n) is 29.6. The summed E-state index contributed by atoms with van der Waals surface area (Å²) in [5, 5.41) is 10.4. The first-order valence-electron chi connectivity index (χ1n) is 16.1. The molecule has 0 spiro atoms. The lowest BCUT2D eigenvalue weighted by atomic mass is 9.99. The van der Waals surface area contributed by atoms with Gasteiger partial charge in [-0.3, -0.25) is 0 Å². The molecule has 0 fully saturated rings. The Bertz CT molecular complexity index is 2190. The van der Waals surface area contributed by atoms with Crippen LogP contribution in [0.25, 0.3) is 21.9 Å². The van der Waals surface area contributed by atoms with Crippen molar-refractivity contribution in [3.8, 4) is 6.07 Å². The predicted molar refractivity (Wildman–Crippen MR) is 204 cm³/mol. The fraction of sp³-hybridized carbons (Fsp3) is 0.389. The van der Waals surface area contributed by atoms with Crippen molar-refractivity contribution in [1.82, 2.24) is 18.2 Å². The Kier molecular flexibility index (Phi) is 10.7. The highest BCUT2D eigenvalue weighted by atomic mass is 32.2. The molecule has 0 aliphatic heterocycles. The van der Waals surface area contributed by atoms with Crippen LogP contribution in [0.3, 0.4) is 0 Å². The molecule has 2 atom stereocenters. The second-order valence-corrected chi connectivity index (χ2v) is 24.8. The highest BCUT2D eigenvalue weighted by molar-refractivity contribution is 7.98. The van der Waals surface area contributed by atoms with Gasteiger partial charge in [-0.1, -0.05) is 37.3 Å². The van der Waals surface area contributed by atoms with Crippen LogP contribution in [0, 0.1) is 25.2 Å². The Morgan fingerprint density at radius 1 is 1.08 bits per heavy atom. The van der Waals surface area contributed by atoms with Gasteiger partial charge in [-0.05, 0) is 94.9 Å². The fourth-order valence-corrected chi connectivity index (χ4v) is 9.32. The van der Waals surface area contributed by atoms with E-state index in [-0.39, 0.29) is 11.6 Å². The topological polar surface area (TPSA) is 119 Å². The summed E-state index contributed by atoms with van der Waals surface area (Å²) in [5.41, 5.74) is 4.95. The number of ether oxygens (including phenoxy) is 1. The van der Waals surface area contributed by atoms with Crippen LogP contribution in [0.1, 0.15) is 54.9 Å². The Labute approximate surface area is 297 Å². The molecule has 2 unspecified atom stereocenters. The van der Waals surface area contributed by atoms with Crippen LogP contribution in [-0.2, 0) is 32.5 Å². The first kappa shape index (κ1) is 37.0. The molecule has 0 aliphatic carbocycles. The maximum Gasteiger partial charge on any atom is 0.268 e. The van der Waals surface area contributed by atoms with Crippen molar-refractivity contribution >= 4 is 62.8 Å². The number of aromatic nitrogens is 3. The monoisotopic (exact) mass is 735 g/mol. The lowest BCUT2D eigenvalue weighted by Gasteiger charge is -2.27. The third-order valence-electron chi connectivity index (χ3n) is 8.38. The maximum absolute atomic E-state index is 14.1. The van der Waals surface area contributed by atoms with Crippen LogP contribution in [0.4, 0.5) is 0 Å². The fourth-order valence-electron chi connectivity index (χ4n) is 5.62. The maximum atomic E-state index is 14.1. The third kappa shape index (κ3) is 7.75. The van der Waals surface area contributed by atoms with E-state index in [1.54, 1.807) is 42.6 Å². The quantitative estimate of drug-likeness (QED) is 0.0787. The normalized spacial score (nSPS) is 14.0. The minimum Gasteiger partial charge on any atom is -0.361 e. The molecule has 2 heterocycles. The van der Waals surface area contributed by atoms with Gasteiger partial charge in [0.1, 0.15) is 18.6 Å². The van der Waals surface area contributed by atoms with Gasteiger partial charge >= 0.3 is 0 Å². The molecule has 5 rings (SSSR count). The van der Waals surface area contributed by atoms with E-state index in [2.05, 4.69) is 30.4 Å². The smallest absolute Gasteiger partial charge is 0.268 e. The third-order valence-corrected chi connectivity index (χ3v) is 14.1. The number of hydrogen-bond acceptors (Lipinski definition) is 7. The van der Waals surface area contributed by atoms with Gasteiger partial charge in [-0.2, -0.15) is 5.26 Å². The van der Waals surface area contributed by atoms with Crippen molar-refractivity contribution in [2.75, 3.05) is 12.9 Å². The van der Waals surface area contributed by atoms with Gasteiger partial charge in [-0.15, -0.1) is 11.8 Å². The first-order valence-corrected chi connectivity index (χ1v) is 23.7. The van der Waals surface area contributed by atoms with Gasteiger partial charge in [0.15, 0.2) is 0 Å². The predicted octanol–water partition coefficient (Wildman–Crippen LogP) is 7.89. The molecule has 0 saturated heterocycles. The summed E-state index contributed by atoms with van der Waals surface area (Å²) in [6.45, 7) is 17.2. The van der Waals surface area contributed by atoms with Crippen molar-refractivity contribution in [2.45, 2.75) is 87.6 Å². The SMILES string of the molecule is CSc1cc(C)c2c(ccn2S(=O)(=O)c2ccc(C)cc2)c1C(NS(=O)C(C)(C)C)c1nc2cc(C#N)ccc2n1COCC[Si](C)(C)C. The number of benzene rings is 3. The minimum absolute atomic E-state index is 0.194. The number of aryl methyl sites for hydroxylation is 2. The largest absolute Gasteiger partial charge is 0.361 e. The van der Waals surface area contributed by atoms with E-state index < -0.39 is 39.9 Å². The summed E-state index contributed by atoms with van der Waals surface area (Å²) in [6, 6.07) is 18.5. The zero-order valence-corrected chi connectivity index (χ0v) is 33.1. The molecule has 1 N–H and O–H groups in total. The molecule has 5 aromatic rings. The molecule has 260 valence electrons. The molecular weight excluding hydrogens is 691 g/mol. The molecule has 0 saturated carbocycles. The van der Waals surface area contributed by atoms with Crippen molar-refractivity contribution in [1.29, 1.82) is 5.26 Å². The van der Waals surface area contributed by atoms with E-state index >= 15 is 0 Å². The van der Waals surface area contributed by atoms with Crippen LogP contribution in [0.15, 0.2) is 70.6 Å². The average molecular weight is 736 g/mol. The molecule has 13 heteroatoms. The second kappa shape index (κ2) is 14.2. The Morgan fingerprint density at radius 2 is 1.78 bits per heavy atom. The molecule has 9 nitrogen and oxygen atoms in total. The summed E-state index contributed by atoms with van der Waals surface area (Å²) < 4.78 is 54.5. The second-order valence-electron chi connectivity index (χ2n) is 14.5. The van der Waals surface area contributed by atoms with Gasteiger partial charge < -0.3 is 9.30 Å². The van der Waals surface area contributed by atoms with E-state index in [0.717, 1.165) is 33.1 Å². The molecule has 3 aromatic carbocycles. The van der Waals surface area contributed by atoms with Gasteiger partial charge in [0.25, 0.3) is 10.0 Å². The number of imidazole rings is 1. The Hall–Kier alpha value is -3.25. The first-order chi connectivity index (χ1) is 23.0. The number of hydrogen-bond donors (Lipinski definition) is 1. The number of nitriles is 1. The summed E-state index contributed by atoms with van der Waals surface area (Å²) in [7, 11) is -6.84. The molecule has 49 heavy (non-hydrogen) atoms. The number of rotatable bonds is 12. The van der Waals surface area contributed by atoms with Crippen LogP contribution in [0.2, 0.25) is 25.7 Å². The van der Waals surface area contributed by atoms with Crippen LogP contribution < -0.4 is 4.72 Å². The number of nitrogens with zero attached hydrogens (tertiary/aromatic N) is 4. The number of nitrogens with one attached hydrogen (secondary N) is 1. The van der Waals surface area contributed by atoms with Gasteiger partial charge in [0, 0.05) is 36.7 Å². The minimum atomic E-state index is -3.94. The summed E-state index contributed by atoms with van der Waals surface area (Å²) >= 11 is 1.54. The van der Waals surface area contributed by atoms with Crippen LogP contribution in [0.5, 0.6) is 0 Å². The van der Waals surface area contributed by atoms with Crippen molar-refractivity contribution in [3.63, 3.8) is 0 Å². The standard InChI is InChI=1S/C36H45N5O4S3Si/c1-24-10-13-27(14-11-24)48(43,44)41-17-16-28-32(31(46-6)20-25(2)34(28)41)33(39-47(42)36(3,4)5)35-38-29-21-26(22-37)12-15-30(29)40(35)23-45-18-19-49(7,8)9/h10-17,20-21,33,39H,18-19,23H2,1-9H3. The zero-order chi connectivity index (χ0) is 35.9. The van der Waals surface area contributed by atoms with Gasteiger partial charge in [0.2, 0.25) is 0 Å². The lowest BCUT2D eigenvalue weighted by molar-refractivity contribution is 0.0873. The molecule has 0 bridgehead atoms. The van der Waals surface area contributed by atoms with Crippen LogP contribution >= 0.6 is 11.8 Å². The number of thioether (sulfide) groups is 1. The molecule has 0 amide bonds. The van der Waals surface area contributed by atoms with Crippen LogP contribution in [-0.4, -0.2) is 51.8 Å². The van der Waals surface area contributed by atoms with E-state index in [9.17, 15) is 17.9 Å². The van der Waals surface area contributed by atoms with E-state index in [1.165, 1.54) is 15.7 Å². The highest BCUT2D eigenvalue weighted by Gasteiger charge is 2.33. The van der Waals surface area contributed by atoms with Crippen molar-refractivity contribution < 1.29 is 17.4 Å². The Balaban J connectivity index is 1.78. The molecule has 2 aromatic heterocycles. The van der Waals surface area contributed by atoms with Crippen molar-refractivity contribution in [3.05, 3.63) is 88.9 Å². The van der Waals surface area contributed by atoms with Gasteiger partial charge in [-0.25, -0.2) is 26.3 Å². The molecule has 0 aliphatic rings. The van der Waals surface area contributed by atoms with Crippen molar-refractivity contribution in [2.24, 2.45) is 0 Å². The summed E-state index contributed by atoms with van der Waals surface area (Å²) in [5.74, 6) is 0.560. The van der Waals surface area contributed by atoms with Gasteiger partial charge in [0.05, 0.1) is 48.8 Å². The Morgan fingerprint density at radius 3 is 2.39 bits per heavy atom. The highest BCUT2D eigenvalue weighted by Crippen LogP contribution is 2.41. The van der Waals surface area contributed by atoms with E-state index in [1.807, 2.05) is 63.6 Å². The number of fused-ring (bicyclic) bond motifs is 2. The molecular formula is C36H45N5O4S3Si. The van der Waals surface area contributed by atoms with E-state index in [0.29, 0.717) is 34.4 Å². The summed E-state index contributed by atoms with van der Waals surface area (Å²) in [6.07, 6.45) is 3.57. The lowest BCUT2D eigenvalue weighted by Crippen LogP contribution is -2.37. The average Bonchev–Trinajstić information content (AvgIpc) is 3.64. The molecule has 0 radical (unpaired) electrons.